The number of halogens is 1. The first-order valence-corrected chi connectivity index (χ1v) is 5.61. The molecule has 94 valence electrons. The third-order valence-corrected chi connectivity index (χ3v) is 2.44. The van der Waals surface area contributed by atoms with Gasteiger partial charge >= 0.3 is 5.97 Å². The zero-order valence-electron chi connectivity index (χ0n) is 10.0. The van der Waals surface area contributed by atoms with Crippen LogP contribution in [0.4, 0.5) is 4.39 Å². The van der Waals surface area contributed by atoms with E-state index >= 15 is 0 Å². The molecule has 0 saturated carbocycles. The average molecular weight is 240 g/mol. The molecule has 0 saturated heterocycles. The van der Waals surface area contributed by atoms with Crippen molar-refractivity contribution in [3.63, 3.8) is 0 Å². The molecule has 0 radical (unpaired) electrons. The predicted molar refractivity (Wildman–Crippen MR) is 62.5 cm³/mol. The van der Waals surface area contributed by atoms with Crippen LogP contribution in [0, 0.1) is 5.82 Å². The molecule has 0 amide bonds. The first-order valence-electron chi connectivity index (χ1n) is 5.61. The highest BCUT2D eigenvalue weighted by Crippen LogP contribution is 2.23. The lowest BCUT2D eigenvalue weighted by atomic mass is 9.96. The number of benzene rings is 1. The van der Waals surface area contributed by atoms with Gasteiger partial charge in [-0.15, -0.1) is 0 Å². The van der Waals surface area contributed by atoms with E-state index in [1.165, 1.54) is 12.1 Å². The zero-order valence-corrected chi connectivity index (χ0v) is 10.0. The van der Waals surface area contributed by atoms with Crippen molar-refractivity contribution >= 4 is 5.97 Å². The maximum Gasteiger partial charge on any atom is 0.311 e. The van der Waals surface area contributed by atoms with Gasteiger partial charge in [-0.25, -0.2) is 4.39 Å². The van der Waals surface area contributed by atoms with Crippen LogP contribution in [-0.2, 0) is 9.53 Å². The summed E-state index contributed by atoms with van der Waals surface area (Å²) in [6.07, 6.45) is 0.319. The average Bonchev–Trinajstić information content (AvgIpc) is 2.25. The first kappa shape index (κ1) is 13.6. The molecule has 1 aromatic carbocycles. The summed E-state index contributed by atoms with van der Waals surface area (Å²) in [5.41, 5.74) is 0.215. The molecular weight excluding hydrogens is 223 g/mol. The third kappa shape index (κ3) is 4.15. The van der Waals surface area contributed by atoms with Gasteiger partial charge in [0.1, 0.15) is 5.82 Å². The van der Waals surface area contributed by atoms with Crippen molar-refractivity contribution in [3.05, 3.63) is 35.6 Å². The SMILES string of the molecule is CC(C)OCCC(C(=O)O)c1ccccc1F. The van der Waals surface area contributed by atoms with Crippen LogP contribution < -0.4 is 0 Å². The van der Waals surface area contributed by atoms with Gasteiger partial charge in [-0.05, 0) is 26.3 Å². The number of carboxylic acid groups (broad SMARTS) is 1. The molecule has 1 rings (SSSR count). The minimum atomic E-state index is -1.03. The molecule has 0 aliphatic rings. The summed E-state index contributed by atoms with van der Waals surface area (Å²) in [6.45, 7) is 4.06. The molecule has 0 fully saturated rings. The van der Waals surface area contributed by atoms with E-state index in [-0.39, 0.29) is 18.1 Å². The van der Waals surface area contributed by atoms with Crippen molar-refractivity contribution in [2.75, 3.05) is 6.61 Å². The number of rotatable bonds is 6. The number of hydrogen-bond donors (Lipinski definition) is 1. The molecule has 0 aliphatic heterocycles. The Morgan fingerprint density at radius 1 is 1.41 bits per heavy atom. The normalized spacial score (nSPS) is 12.7. The van der Waals surface area contributed by atoms with Gasteiger partial charge in [-0.1, -0.05) is 18.2 Å². The number of hydrogen-bond acceptors (Lipinski definition) is 2. The van der Waals surface area contributed by atoms with Crippen LogP contribution in [-0.4, -0.2) is 23.8 Å². The van der Waals surface area contributed by atoms with Gasteiger partial charge in [0, 0.05) is 12.2 Å². The number of ether oxygens (including phenoxy) is 1. The number of carbonyl (C=O) groups is 1. The molecule has 0 heterocycles. The lowest BCUT2D eigenvalue weighted by Gasteiger charge is -2.14. The van der Waals surface area contributed by atoms with E-state index in [0.717, 1.165) is 0 Å². The molecule has 1 aromatic rings. The van der Waals surface area contributed by atoms with Gasteiger partial charge in [0.25, 0.3) is 0 Å². The summed E-state index contributed by atoms with van der Waals surface area (Å²) in [4.78, 5) is 11.1. The van der Waals surface area contributed by atoms with Crippen LogP contribution in [0.2, 0.25) is 0 Å². The standard InChI is InChI=1S/C13H17FO3/c1-9(2)17-8-7-11(13(15)16)10-5-3-4-6-12(10)14/h3-6,9,11H,7-8H2,1-2H3,(H,15,16). The van der Waals surface area contributed by atoms with E-state index in [9.17, 15) is 9.18 Å². The highest BCUT2D eigenvalue weighted by molar-refractivity contribution is 5.76. The van der Waals surface area contributed by atoms with E-state index in [1.807, 2.05) is 13.8 Å². The van der Waals surface area contributed by atoms with Crippen molar-refractivity contribution in [2.24, 2.45) is 0 Å². The van der Waals surface area contributed by atoms with Crippen LogP contribution in [0.25, 0.3) is 0 Å². The van der Waals surface area contributed by atoms with Gasteiger partial charge in [0.15, 0.2) is 0 Å². The summed E-state index contributed by atoms with van der Waals surface area (Å²) in [7, 11) is 0. The molecule has 0 spiro atoms. The van der Waals surface area contributed by atoms with E-state index in [2.05, 4.69) is 0 Å². The minimum absolute atomic E-state index is 0.0464. The molecule has 0 aromatic heterocycles. The highest BCUT2D eigenvalue weighted by Gasteiger charge is 2.22. The monoisotopic (exact) mass is 240 g/mol. The summed E-state index contributed by atoms with van der Waals surface area (Å²) < 4.78 is 18.8. The summed E-state index contributed by atoms with van der Waals surface area (Å²) in [5, 5.41) is 9.09. The van der Waals surface area contributed by atoms with Crippen molar-refractivity contribution in [2.45, 2.75) is 32.3 Å². The molecule has 1 atom stereocenters. The quantitative estimate of drug-likeness (QED) is 0.831. The fourth-order valence-electron chi connectivity index (χ4n) is 1.59. The third-order valence-electron chi connectivity index (χ3n) is 2.44. The predicted octanol–water partition coefficient (Wildman–Crippen LogP) is 2.81. The fourth-order valence-corrected chi connectivity index (χ4v) is 1.59. The minimum Gasteiger partial charge on any atom is -0.481 e. The molecule has 4 heteroatoms. The molecule has 0 aliphatic carbocycles. The molecule has 1 unspecified atom stereocenters. The lowest BCUT2D eigenvalue weighted by Crippen LogP contribution is -2.16. The van der Waals surface area contributed by atoms with Crippen LogP contribution in [0.15, 0.2) is 24.3 Å². The Bertz CT molecular complexity index is 377. The Morgan fingerprint density at radius 3 is 2.59 bits per heavy atom. The topological polar surface area (TPSA) is 46.5 Å². The maximum atomic E-state index is 13.5. The van der Waals surface area contributed by atoms with Gasteiger partial charge in [-0.2, -0.15) is 0 Å². The van der Waals surface area contributed by atoms with Crippen LogP contribution >= 0.6 is 0 Å². The maximum absolute atomic E-state index is 13.5. The summed E-state index contributed by atoms with van der Waals surface area (Å²) in [5.74, 6) is -2.36. The van der Waals surface area contributed by atoms with E-state index in [0.29, 0.717) is 6.61 Å². The van der Waals surface area contributed by atoms with Crippen LogP contribution in [0.5, 0.6) is 0 Å². The Labute approximate surface area is 100 Å². The first-order chi connectivity index (χ1) is 8.02. The molecule has 17 heavy (non-hydrogen) atoms. The van der Waals surface area contributed by atoms with Crippen molar-refractivity contribution in [3.8, 4) is 0 Å². The summed E-state index contributed by atoms with van der Waals surface area (Å²) >= 11 is 0. The second-order valence-electron chi connectivity index (χ2n) is 4.12. The second kappa shape index (κ2) is 6.35. The highest BCUT2D eigenvalue weighted by atomic mass is 19.1. The van der Waals surface area contributed by atoms with Gasteiger partial charge in [0.2, 0.25) is 0 Å². The van der Waals surface area contributed by atoms with Crippen molar-refractivity contribution < 1.29 is 19.0 Å². The van der Waals surface area contributed by atoms with E-state index in [4.69, 9.17) is 9.84 Å². The lowest BCUT2D eigenvalue weighted by molar-refractivity contribution is -0.139. The number of carboxylic acids is 1. The van der Waals surface area contributed by atoms with E-state index in [1.54, 1.807) is 12.1 Å². The van der Waals surface area contributed by atoms with Crippen LogP contribution in [0.1, 0.15) is 31.7 Å². The largest absolute Gasteiger partial charge is 0.481 e. The van der Waals surface area contributed by atoms with Crippen molar-refractivity contribution in [1.82, 2.24) is 0 Å². The van der Waals surface area contributed by atoms with Crippen molar-refractivity contribution in [1.29, 1.82) is 0 Å². The Kier molecular flexibility index (Phi) is 5.10. The second-order valence-corrected chi connectivity index (χ2v) is 4.12. The van der Waals surface area contributed by atoms with E-state index < -0.39 is 17.7 Å². The smallest absolute Gasteiger partial charge is 0.311 e. The van der Waals surface area contributed by atoms with Gasteiger partial charge < -0.3 is 9.84 Å². The Morgan fingerprint density at radius 2 is 2.06 bits per heavy atom. The molecule has 0 bridgehead atoms. The summed E-state index contributed by atoms with van der Waals surface area (Å²) in [6, 6.07) is 5.96. The molecular formula is C13H17FO3. The number of aliphatic carboxylic acids is 1. The zero-order chi connectivity index (χ0) is 12.8. The van der Waals surface area contributed by atoms with Gasteiger partial charge in [-0.3, -0.25) is 4.79 Å². The fraction of sp³-hybridized carbons (Fsp3) is 0.462. The van der Waals surface area contributed by atoms with Crippen LogP contribution in [0.3, 0.4) is 0 Å². The van der Waals surface area contributed by atoms with Gasteiger partial charge in [0.05, 0.1) is 12.0 Å². The molecule has 3 nitrogen and oxygen atoms in total. The Balaban J connectivity index is 2.73. The molecule has 1 N–H and O–H groups in total. The Hall–Kier alpha value is -1.42.